The maximum Gasteiger partial charge on any atom is 0.271 e. The van der Waals surface area contributed by atoms with Crippen molar-refractivity contribution in [2.45, 2.75) is 115 Å². The fourth-order valence-corrected chi connectivity index (χ4v) is 14.1. The lowest BCUT2D eigenvalue weighted by atomic mass is 9.83. The maximum atomic E-state index is 14.2. The van der Waals surface area contributed by atoms with E-state index in [-0.39, 0.29) is 24.7 Å². The summed E-state index contributed by atoms with van der Waals surface area (Å²) in [5, 5.41) is 15.0. The van der Waals surface area contributed by atoms with Gasteiger partial charge in [-0.15, -0.1) is 0 Å². The van der Waals surface area contributed by atoms with Crippen LogP contribution in [-0.2, 0) is 32.6 Å². The number of rotatable bonds is 19. The van der Waals surface area contributed by atoms with Gasteiger partial charge >= 0.3 is 0 Å². The van der Waals surface area contributed by atoms with Crippen LogP contribution < -0.4 is 11.1 Å². The molecule has 0 fully saturated rings. The summed E-state index contributed by atoms with van der Waals surface area (Å²) in [5.74, 6) is 0.816. The van der Waals surface area contributed by atoms with E-state index in [2.05, 4.69) is 76.1 Å². The normalized spacial score (nSPS) is 16.8. The summed E-state index contributed by atoms with van der Waals surface area (Å²) in [6, 6.07) is 11.0. The van der Waals surface area contributed by atoms with Crippen molar-refractivity contribution in [3.05, 3.63) is 93.3 Å². The first kappa shape index (κ1) is 43.0. The summed E-state index contributed by atoms with van der Waals surface area (Å²) in [6.45, 7) is 22.2. The highest BCUT2D eigenvalue weighted by molar-refractivity contribution is 6.77. The zero-order chi connectivity index (χ0) is 40.0. The number of allylic oxidation sites excluding steroid dienone is 1. The Balaban J connectivity index is 1.85. The Bertz CT molecular complexity index is 1800. The van der Waals surface area contributed by atoms with Gasteiger partial charge in [-0.25, -0.2) is 9.37 Å². The molecule has 0 aliphatic heterocycles. The molecule has 1 atom stereocenters. The SMILES string of the molecule is CNC1=C([N+](=O)[O-])CC(N)(c2cc(-c3c(-c4ccc(F)cc4)nc(CCCO[Si](C(C)C)(C(C)C)C(C)C)n3COCC[Si](C)(C)C)ccn2)C(OC)=C1. The molecule has 0 spiro atoms. The molecule has 1 aromatic carbocycles. The van der Waals surface area contributed by atoms with Crippen LogP contribution in [0.4, 0.5) is 4.39 Å². The van der Waals surface area contributed by atoms with E-state index in [1.807, 2.05) is 12.1 Å². The molecule has 0 radical (unpaired) electrons. The van der Waals surface area contributed by atoms with Crippen LogP contribution >= 0.6 is 0 Å². The van der Waals surface area contributed by atoms with Crippen molar-refractivity contribution >= 4 is 16.4 Å². The van der Waals surface area contributed by atoms with Crippen LogP contribution in [0.2, 0.25) is 42.3 Å². The van der Waals surface area contributed by atoms with Gasteiger partial charge in [0.25, 0.3) is 5.70 Å². The smallest absolute Gasteiger partial charge is 0.271 e. The van der Waals surface area contributed by atoms with Gasteiger partial charge < -0.3 is 29.5 Å². The molecule has 0 amide bonds. The van der Waals surface area contributed by atoms with Crippen LogP contribution in [0, 0.1) is 15.9 Å². The number of nitrogens with one attached hydrogen (secondary N) is 1. The van der Waals surface area contributed by atoms with E-state index >= 15 is 0 Å². The van der Waals surface area contributed by atoms with Gasteiger partial charge in [0.05, 0.1) is 35.5 Å². The molecule has 54 heavy (non-hydrogen) atoms. The van der Waals surface area contributed by atoms with Gasteiger partial charge in [-0.3, -0.25) is 15.1 Å². The van der Waals surface area contributed by atoms with Gasteiger partial charge in [0.2, 0.25) is 0 Å². The molecule has 2 heterocycles. The van der Waals surface area contributed by atoms with Gasteiger partial charge in [-0.05, 0) is 65.5 Å². The molecule has 3 aromatic rings. The number of nitro groups is 1. The standard InChI is InChI=1S/C40H61FN6O5Si2/c1-27(2)54(28(3)4,29(5)6)52-20-12-13-37-45-38(30-14-16-32(41)17-15-30)39(46(37)26-51-21-22-53(9,10)11)31-18-19-44-35(23-31)40(42)25-34(47(48)49)33(43-7)24-36(40)50-8/h14-19,23-24,27-29,43H,12-13,20-22,25-26,42H2,1-11H3. The average molecular weight is 781 g/mol. The number of imidazole rings is 1. The third kappa shape index (κ3) is 9.39. The van der Waals surface area contributed by atoms with Crippen molar-refractivity contribution in [1.82, 2.24) is 19.9 Å². The molecule has 4 rings (SSSR count). The first-order chi connectivity index (χ1) is 25.4. The number of hydrogen-bond donors (Lipinski definition) is 2. The molecule has 11 nitrogen and oxygen atoms in total. The minimum Gasteiger partial charge on any atom is -0.499 e. The fourth-order valence-electron chi connectivity index (χ4n) is 7.89. The van der Waals surface area contributed by atoms with Crippen molar-refractivity contribution in [2.75, 3.05) is 27.4 Å². The zero-order valence-corrected chi connectivity index (χ0v) is 36.1. The molecule has 1 aliphatic carbocycles. The summed E-state index contributed by atoms with van der Waals surface area (Å²) < 4.78 is 35.4. The van der Waals surface area contributed by atoms with Crippen LogP contribution in [0.25, 0.3) is 22.5 Å². The number of aryl methyl sites for hydroxylation is 1. The molecule has 0 saturated carbocycles. The topological polar surface area (TPSA) is 140 Å². The Morgan fingerprint density at radius 2 is 1.69 bits per heavy atom. The van der Waals surface area contributed by atoms with E-state index in [9.17, 15) is 14.5 Å². The number of methoxy groups -OCH3 is 1. The monoisotopic (exact) mass is 780 g/mol. The number of benzene rings is 1. The third-order valence-corrected chi connectivity index (χ3v) is 18.5. The van der Waals surface area contributed by atoms with Crippen LogP contribution in [0.15, 0.2) is 65.8 Å². The van der Waals surface area contributed by atoms with Gasteiger partial charge in [0.15, 0.2) is 8.32 Å². The van der Waals surface area contributed by atoms with Crippen molar-refractivity contribution in [2.24, 2.45) is 5.73 Å². The van der Waals surface area contributed by atoms with E-state index in [4.69, 9.17) is 24.6 Å². The minimum absolute atomic E-state index is 0.0650. The van der Waals surface area contributed by atoms with E-state index < -0.39 is 26.9 Å². The van der Waals surface area contributed by atoms with Crippen molar-refractivity contribution < 1.29 is 23.2 Å². The van der Waals surface area contributed by atoms with Gasteiger partial charge in [0.1, 0.15) is 35.4 Å². The second kappa shape index (κ2) is 17.8. The Hall–Kier alpha value is -3.70. The number of hydrogen-bond acceptors (Lipinski definition) is 9. The number of nitrogens with zero attached hydrogens (tertiary/aromatic N) is 4. The van der Waals surface area contributed by atoms with Crippen LogP contribution in [0.3, 0.4) is 0 Å². The molecule has 1 unspecified atom stereocenters. The third-order valence-electron chi connectivity index (χ3n) is 10.7. The molecule has 2 aromatic heterocycles. The van der Waals surface area contributed by atoms with Gasteiger partial charge in [-0.1, -0.05) is 61.2 Å². The lowest BCUT2D eigenvalue weighted by Gasteiger charge is -2.42. The molecule has 296 valence electrons. The molecule has 3 N–H and O–H groups in total. The number of pyridine rings is 1. The second-order valence-electron chi connectivity index (χ2n) is 16.4. The van der Waals surface area contributed by atoms with Crippen molar-refractivity contribution in [3.8, 4) is 22.5 Å². The fraction of sp³-hybridized carbons (Fsp3) is 0.550. The van der Waals surface area contributed by atoms with E-state index in [1.54, 1.807) is 31.5 Å². The summed E-state index contributed by atoms with van der Waals surface area (Å²) in [5.41, 5.74) is 10.6. The van der Waals surface area contributed by atoms with E-state index in [1.165, 1.54) is 19.2 Å². The van der Waals surface area contributed by atoms with Crippen LogP contribution in [-0.4, -0.2) is 63.2 Å². The molecule has 0 bridgehead atoms. The predicted molar refractivity (Wildman–Crippen MR) is 219 cm³/mol. The Kier molecular flexibility index (Phi) is 14.2. The Labute approximate surface area is 322 Å². The summed E-state index contributed by atoms with van der Waals surface area (Å²) in [6.07, 6.45) is 4.45. The molecule has 0 saturated heterocycles. The quantitative estimate of drug-likeness (QED) is 0.0528. The lowest BCUT2D eigenvalue weighted by Crippen LogP contribution is -2.48. The summed E-state index contributed by atoms with van der Waals surface area (Å²) in [4.78, 5) is 21.6. The zero-order valence-electron chi connectivity index (χ0n) is 34.1. The number of halogens is 1. The van der Waals surface area contributed by atoms with Crippen LogP contribution in [0.1, 0.15) is 65.9 Å². The highest BCUT2D eigenvalue weighted by atomic mass is 28.4. The molecular weight excluding hydrogens is 720 g/mol. The van der Waals surface area contributed by atoms with Crippen molar-refractivity contribution in [1.29, 1.82) is 0 Å². The number of nitrogens with two attached hydrogens (primary N) is 1. The summed E-state index contributed by atoms with van der Waals surface area (Å²) >= 11 is 0. The highest BCUT2D eigenvalue weighted by Gasteiger charge is 2.45. The van der Waals surface area contributed by atoms with E-state index in [0.29, 0.717) is 59.1 Å². The van der Waals surface area contributed by atoms with Gasteiger partial charge in [0, 0.05) is 58.2 Å². The first-order valence-electron chi connectivity index (χ1n) is 19.0. The number of likely N-dealkylation sites (N-methyl/N-ethyl adjacent to an activating group) is 1. The Morgan fingerprint density at radius 1 is 1.04 bits per heavy atom. The van der Waals surface area contributed by atoms with Crippen molar-refractivity contribution in [3.63, 3.8) is 0 Å². The van der Waals surface area contributed by atoms with Gasteiger partial charge in [-0.2, -0.15) is 0 Å². The Morgan fingerprint density at radius 3 is 2.24 bits per heavy atom. The molecular formula is C40H61FN6O5Si2. The minimum atomic E-state index is -2.06. The largest absolute Gasteiger partial charge is 0.499 e. The number of ether oxygens (including phenoxy) is 2. The average Bonchev–Trinajstić information content (AvgIpc) is 3.47. The van der Waals surface area contributed by atoms with E-state index in [0.717, 1.165) is 35.1 Å². The first-order valence-corrected chi connectivity index (χ1v) is 24.9. The second-order valence-corrected chi connectivity index (χ2v) is 27.5. The highest BCUT2D eigenvalue weighted by Crippen LogP contribution is 2.43. The predicted octanol–water partition coefficient (Wildman–Crippen LogP) is 8.98. The van der Waals surface area contributed by atoms with Crippen LogP contribution in [0.5, 0.6) is 0 Å². The number of aromatic nitrogens is 3. The molecule has 1 aliphatic rings. The maximum absolute atomic E-state index is 14.2. The summed E-state index contributed by atoms with van der Waals surface area (Å²) in [7, 11) is -0.322. The molecule has 14 heteroatoms. The lowest BCUT2D eigenvalue weighted by molar-refractivity contribution is -0.430.